The lowest BCUT2D eigenvalue weighted by Gasteiger charge is -2.35. The van der Waals surface area contributed by atoms with E-state index in [4.69, 9.17) is 14.2 Å². The van der Waals surface area contributed by atoms with Crippen LogP contribution in [0.15, 0.2) is 24.3 Å². The molecule has 9 nitrogen and oxygen atoms in total. The van der Waals surface area contributed by atoms with E-state index in [9.17, 15) is 19.5 Å². The number of ether oxygens (including phenoxy) is 3. The van der Waals surface area contributed by atoms with E-state index in [0.717, 1.165) is 18.4 Å². The van der Waals surface area contributed by atoms with E-state index in [-0.39, 0.29) is 18.7 Å². The van der Waals surface area contributed by atoms with Crippen LogP contribution < -0.4 is 5.32 Å². The number of alkyl carbamates (subject to hydrolysis) is 1. The maximum Gasteiger partial charge on any atom is 0.411 e. The number of aromatic hydroxyl groups is 1. The summed E-state index contributed by atoms with van der Waals surface area (Å²) in [5.41, 5.74) is -0.763. The molecule has 0 spiro atoms. The number of nitrogens with zero attached hydrogens (tertiary/aromatic N) is 1. The Hall–Kier alpha value is -2.97. The number of phenolic OH excluding ortho intramolecular Hbond substituents is 1. The van der Waals surface area contributed by atoms with Crippen molar-refractivity contribution in [1.29, 1.82) is 0 Å². The van der Waals surface area contributed by atoms with Crippen LogP contribution in [-0.2, 0) is 25.4 Å². The summed E-state index contributed by atoms with van der Waals surface area (Å²) < 4.78 is 16.1. The van der Waals surface area contributed by atoms with Crippen LogP contribution in [0.4, 0.5) is 9.59 Å². The zero-order valence-electron chi connectivity index (χ0n) is 22.3. The second kappa shape index (κ2) is 13.2. The van der Waals surface area contributed by atoms with E-state index in [1.165, 1.54) is 24.1 Å². The molecule has 0 aliphatic rings. The van der Waals surface area contributed by atoms with Crippen LogP contribution in [-0.4, -0.2) is 65.1 Å². The Labute approximate surface area is 209 Å². The van der Waals surface area contributed by atoms with Crippen LogP contribution in [0.3, 0.4) is 0 Å². The number of nitrogens with one attached hydrogen (secondary N) is 1. The van der Waals surface area contributed by atoms with Crippen LogP contribution >= 0.6 is 0 Å². The molecule has 0 bridgehead atoms. The number of phenols is 1. The summed E-state index contributed by atoms with van der Waals surface area (Å²) in [5, 5.41) is 12.5. The normalized spacial score (nSPS) is 13.4. The molecule has 2 N–H and O–H groups in total. The van der Waals surface area contributed by atoms with Crippen molar-refractivity contribution in [1.82, 2.24) is 10.2 Å². The molecular formula is C26H42N2O7. The highest BCUT2D eigenvalue weighted by Gasteiger charge is 2.36. The maximum atomic E-state index is 13.3. The van der Waals surface area contributed by atoms with E-state index in [1.54, 1.807) is 53.7 Å². The Bertz CT molecular complexity index is 826. The van der Waals surface area contributed by atoms with Gasteiger partial charge in [0.25, 0.3) is 0 Å². The molecule has 9 heteroatoms. The molecule has 0 aromatic heterocycles. The van der Waals surface area contributed by atoms with Crippen molar-refractivity contribution in [3.05, 3.63) is 29.8 Å². The molecule has 0 aliphatic carbocycles. The van der Waals surface area contributed by atoms with Crippen molar-refractivity contribution >= 4 is 18.2 Å². The van der Waals surface area contributed by atoms with Crippen molar-refractivity contribution in [2.75, 3.05) is 13.7 Å². The summed E-state index contributed by atoms with van der Waals surface area (Å²) in [5.74, 6) is -0.524. The first-order valence-corrected chi connectivity index (χ1v) is 12.0. The highest BCUT2D eigenvalue weighted by molar-refractivity contribution is 5.82. The number of amides is 2. The van der Waals surface area contributed by atoms with Crippen molar-refractivity contribution in [2.24, 2.45) is 0 Å². The average Bonchev–Trinajstić information content (AvgIpc) is 2.72. The SMILES string of the molecule is CCCC[C@@H](CN(C(=O)OC(C)(C)C)[C@@H](Cc1ccc(O)cc1)C(=O)OC)NC(=O)OC(C)(C)C. The van der Waals surface area contributed by atoms with Crippen LogP contribution in [0.1, 0.15) is 73.3 Å². The van der Waals surface area contributed by atoms with E-state index >= 15 is 0 Å². The van der Waals surface area contributed by atoms with Gasteiger partial charge in [-0.25, -0.2) is 14.4 Å². The standard InChI is InChI=1S/C26H42N2O7/c1-9-10-11-19(27-23(31)34-25(2,3)4)17-28(24(32)35-26(5,6)7)21(22(30)33-8)16-18-12-14-20(29)15-13-18/h12-15,19,21,29H,9-11,16-17H2,1-8H3,(H,27,31)/t19-,21-/m0/s1. The van der Waals surface area contributed by atoms with Crippen molar-refractivity contribution in [3.63, 3.8) is 0 Å². The highest BCUT2D eigenvalue weighted by atomic mass is 16.6. The predicted octanol–water partition coefficient (Wildman–Crippen LogP) is 4.80. The number of benzene rings is 1. The van der Waals surface area contributed by atoms with Gasteiger partial charge in [-0.2, -0.15) is 0 Å². The summed E-state index contributed by atoms with van der Waals surface area (Å²) in [6, 6.07) is 4.87. The van der Waals surface area contributed by atoms with Gasteiger partial charge in [-0.3, -0.25) is 4.90 Å². The van der Waals surface area contributed by atoms with Crippen molar-refractivity contribution < 1.29 is 33.7 Å². The third-order valence-corrected chi connectivity index (χ3v) is 4.89. The van der Waals surface area contributed by atoms with Gasteiger partial charge in [0.1, 0.15) is 23.0 Å². The largest absolute Gasteiger partial charge is 0.508 e. The summed E-state index contributed by atoms with van der Waals surface area (Å²) >= 11 is 0. The first-order valence-electron chi connectivity index (χ1n) is 12.0. The highest BCUT2D eigenvalue weighted by Crippen LogP contribution is 2.20. The second-order valence-corrected chi connectivity index (χ2v) is 10.5. The van der Waals surface area contributed by atoms with Gasteiger partial charge in [0, 0.05) is 19.0 Å². The smallest absolute Gasteiger partial charge is 0.411 e. The Morgan fingerprint density at radius 2 is 1.57 bits per heavy atom. The van der Waals surface area contributed by atoms with E-state index in [2.05, 4.69) is 5.32 Å². The molecule has 1 rings (SSSR count). The average molecular weight is 495 g/mol. The molecule has 198 valence electrons. The van der Waals surface area contributed by atoms with Gasteiger partial charge in [0.05, 0.1) is 7.11 Å². The second-order valence-electron chi connectivity index (χ2n) is 10.5. The lowest BCUT2D eigenvalue weighted by atomic mass is 10.0. The molecule has 35 heavy (non-hydrogen) atoms. The number of methoxy groups -OCH3 is 1. The minimum Gasteiger partial charge on any atom is -0.508 e. The monoisotopic (exact) mass is 494 g/mol. The van der Waals surface area contributed by atoms with E-state index < -0.39 is 41.4 Å². The number of carbonyl (C=O) groups excluding carboxylic acids is 3. The number of unbranched alkanes of at least 4 members (excludes halogenated alkanes) is 1. The lowest BCUT2D eigenvalue weighted by Crippen LogP contribution is -2.54. The summed E-state index contributed by atoms with van der Waals surface area (Å²) in [6.45, 7) is 12.6. The molecule has 0 saturated carbocycles. The van der Waals surface area contributed by atoms with E-state index in [0.29, 0.717) is 6.42 Å². The van der Waals surface area contributed by atoms with E-state index in [1.807, 2.05) is 6.92 Å². The first-order chi connectivity index (χ1) is 16.1. The van der Waals surface area contributed by atoms with Gasteiger partial charge in [0.15, 0.2) is 0 Å². The minimum absolute atomic E-state index is 0.0198. The topological polar surface area (TPSA) is 114 Å². The molecule has 0 heterocycles. The molecule has 1 aromatic rings. The van der Waals surface area contributed by atoms with Crippen LogP contribution in [0, 0.1) is 0 Å². The number of hydrogen-bond acceptors (Lipinski definition) is 7. The zero-order chi connectivity index (χ0) is 26.8. The van der Waals surface area contributed by atoms with Crippen molar-refractivity contribution in [3.8, 4) is 5.75 Å². The van der Waals surface area contributed by atoms with Gasteiger partial charge in [-0.15, -0.1) is 0 Å². The minimum atomic E-state index is -1.01. The van der Waals surface area contributed by atoms with Gasteiger partial charge in [-0.05, 0) is 65.7 Å². The molecule has 1 aromatic carbocycles. The summed E-state index contributed by atoms with van der Waals surface area (Å²) in [4.78, 5) is 40.0. The number of esters is 1. The molecule has 0 aliphatic heterocycles. The maximum absolute atomic E-state index is 13.3. The molecule has 0 unspecified atom stereocenters. The first kappa shape index (κ1) is 30.1. The van der Waals surface area contributed by atoms with Crippen LogP contribution in [0.2, 0.25) is 0 Å². The Morgan fingerprint density at radius 3 is 2.06 bits per heavy atom. The molecule has 0 saturated heterocycles. The predicted molar refractivity (Wildman–Crippen MR) is 133 cm³/mol. The Morgan fingerprint density at radius 1 is 1.00 bits per heavy atom. The van der Waals surface area contributed by atoms with Gasteiger partial charge >= 0.3 is 18.2 Å². The third kappa shape index (κ3) is 11.8. The fourth-order valence-corrected chi connectivity index (χ4v) is 3.33. The zero-order valence-corrected chi connectivity index (χ0v) is 22.3. The van der Waals surface area contributed by atoms with Crippen molar-refractivity contribution in [2.45, 2.75) is 97.4 Å². The van der Waals surface area contributed by atoms with Crippen LogP contribution in [0.25, 0.3) is 0 Å². The summed E-state index contributed by atoms with van der Waals surface area (Å²) in [6.07, 6.45) is 1.09. The Balaban J connectivity index is 3.32. The third-order valence-electron chi connectivity index (χ3n) is 4.89. The van der Waals surface area contributed by atoms with Gasteiger partial charge in [0.2, 0.25) is 0 Å². The number of rotatable bonds is 10. The fourth-order valence-electron chi connectivity index (χ4n) is 3.33. The number of carbonyl (C=O) groups is 3. The van der Waals surface area contributed by atoms with Gasteiger partial charge < -0.3 is 24.6 Å². The summed E-state index contributed by atoms with van der Waals surface area (Å²) in [7, 11) is 1.26. The number of hydrogen-bond donors (Lipinski definition) is 2. The quantitative estimate of drug-likeness (QED) is 0.355. The molecule has 2 atom stereocenters. The molecular weight excluding hydrogens is 452 g/mol. The molecule has 0 radical (unpaired) electrons. The molecule has 2 amide bonds. The van der Waals surface area contributed by atoms with Crippen LogP contribution in [0.5, 0.6) is 5.75 Å². The fraction of sp³-hybridized carbons (Fsp3) is 0.654. The van der Waals surface area contributed by atoms with Gasteiger partial charge in [-0.1, -0.05) is 31.9 Å². The Kier molecular flexibility index (Phi) is 11.3. The lowest BCUT2D eigenvalue weighted by molar-refractivity contribution is -0.147. The molecule has 0 fully saturated rings.